The van der Waals surface area contributed by atoms with Crippen LogP contribution in [0.25, 0.3) is 0 Å². The number of anilines is 1. The van der Waals surface area contributed by atoms with Crippen molar-refractivity contribution in [2.24, 2.45) is 0 Å². The van der Waals surface area contributed by atoms with Gasteiger partial charge in [-0.05, 0) is 12.5 Å². The van der Waals surface area contributed by atoms with Gasteiger partial charge in [0, 0.05) is 12.1 Å². The zero-order valence-electron chi connectivity index (χ0n) is 13.3. The van der Waals surface area contributed by atoms with Gasteiger partial charge in [0.15, 0.2) is 11.5 Å². The molecule has 0 aromatic heterocycles. The molecule has 1 aliphatic rings. The Labute approximate surface area is 145 Å². The molecular weight excluding hydrogens is 330 g/mol. The molecule has 3 rings (SSSR count). The third kappa shape index (κ3) is 3.99. The Kier molecular flexibility index (Phi) is 5.23. The molecule has 24 heavy (non-hydrogen) atoms. The molecule has 2 aromatic carbocycles. The van der Waals surface area contributed by atoms with Gasteiger partial charge in [-0.15, -0.1) is 0 Å². The lowest BCUT2D eigenvalue weighted by atomic mass is 10.2. The van der Waals surface area contributed by atoms with E-state index < -0.39 is 6.10 Å². The van der Waals surface area contributed by atoms with E-state index in [9.17, 15) is 4.79 Å². The highest BCUT2D eigenvalue weighted by molar-refractivity contribution is 6.34. The average molecular weight is 348 g/mol. The molecule has 0 bridgehead atoms. The summed E-state index contributed by atoms with van der Waals surface area (Å²) in [5, 5.41) is 3.16. The number of hydrogen-bond acceptors (Lipinski definition) is 4. The van der Waals surface area contributed by atoms with E-state index in [-0.39, 0.29) is 5.91 Å². The van der Waals surface area contributed by atoms with Gasteiger partial charge in [-0.1, -0.05) is 41.9 Å². The Hall–Kier alpha value is -2.24. The fourth-order valence-corrected chi connectivity index (χ4v) is 2.47. The summed E-state index contributed by atoms with van der Waals surface area (Å²) in [7, 11) is 0. The second kappa shape index (κ2) is 7.55. The number of fused-ring (bicyclic) bond motifs is 1. The fraction of sp³-hybridized carbons (Fsp3) is 0.278. The predicted molar refractivity (Wildman–Crippen MR) is 91.8 cm³/mol. The maximum atomic E-state index is 12.3. The van der Waals surface area contributed by atoms with Gasteiger partial charge in [0.25, 0.3) is 5.91 Å². The van der Waals surface area contributed by atoms with Crippen molar-refractivity contribution in [3.63, 3.8) is 0 Å². The summed E-state index contributed by atoms with van der Waals surface area (Å²) < 4.78 is 16.6. The molecule has 0 spiro atoms. The number of carbonyl (C=O) groups is 1. The number of nitrogens with one attached hydrogen (secondary N) is 1. The van der Waals surface area contributed by atoms with E-state index in [4.69, 9.17) is 25.8 Å². The summed E-state index contributed by atoms with van der Waals surface area (Å²) in [6.45, 7) is 3.02. The van der Waals surface area contributed by atoms with Crippen molar-refractivity contribution >= 4 is 23.2 Å². The predicted octanol–water partition coefficient (Wildman–Crippen LogP) is 3.66. The van der Waals surface area contributed by atoms with E-state index in [0.29, 0.717) is 42.0 Å². The highest BCUT2D eigenvalue weighted by Crippen LogP contribution is 2.38. The summed E-state index contributed by atoms with van der Waals surface area (Å²) in [5.41, 5.74) is 1.48. The van der Waals surface area contributed by atoms with Crippen molar-refractivity contribution < 1.29 is 19.0 Å². The first kappa shape index (κ1) is 16.6. The molecule has 0 saturated heterocycles. The highest BCUT2D eigenvalue weighted by Gasteiger charge is 2.19. The van der Waals surface area contributed by atoms with Crippen LogP contribution in [0.1, 0.15) is 12.5 Å². The van der Waals surface area contributed by atoms with Crippen LogP contribution in [-0.4, -0.2) is 25.2 Å². The van der Waals surface area contributed by atoms with Gasteiger partial charge in [-0.3, -0.25) is 4.79 Å². The minimum atomic E-state index is -0.616. The minimum absolute atomic E-state index is 0.274. The zero-order valence-corrected chi connectivity index (χ0v) is 14.0. The maximum absolute atomic E-state index is 12.3. The van der Waals surface area contributed by atoms with E-state index in [1.165, 1.54) is 0 Å². The number of hydrogen-bond donors (Lipinski definition) is 1. The van der Waals surface area contributed by atoms with Gasteiger partial charge in [0.1, 0.15) is 19.3 Å². The van der Waals surface area contributed by atoms with Crippen LogP contribution in [0.2, 0.25) is 5.02 Å². The lowest BCUT2D eigenvalue weighted by molar-refractivity contribution is -0.127. The molecule has 0 saturated carbocycles. The lowest BCUT2D eigenvalue weighted by Crippen LogP contribution is -2.28. The molecule has 1 atom stereocenters. The molecule has 1 N–H and O–H groups in total. The Morgan fingerprint density at radius 1 is 1.21 bits per heavy atom. The lowest BCUT2D eigenvalue weighted by Gasteiger charge is -2.20. The molecule has 0 unspecified atom stereocenters. The van der Waals surface area contributed by atoms with Gasteiger partial charge in [0.2, 0.25) is 0 Å². The van der Waals surface area contributed by atoms with Gasteiger partial charge >= 0.3 is 0 Å². The summed E-state index contributed by atoms with van der Waals surface area (Å²) in [6, 6.07) is 13.0. The van der Waals surface area contributed by atoms with E-state index in [1.54, 1.807) is 19.1 Å². The fourth-order valence-electron chi connectivity index (χ4n) is 2.27. The van der Waals surface area contributed by atoms with Crippen LogP contribution in [0.3, 0.4) is 0 Å². The minimum Gasteiger partial charge on any atom is -0.486 e. The molecule has 1 amide bonds. The number of amides is 1. The molecular formula is C18H18ClNO4. The van der Waals surface area contributed by atoms with E-state index >= 15 is 0 Å². The van der Waals surface area contributed by atoms with E-state index in [0.717, 1.165) is 5.56 Å². The quantitative estimate of drug-likeness (QED) is 0.896. The third-order valence-electron chi connectivity index (χ3n) is 3.60. The summed E-state index contributed by atoms with van der Waals surface area (Å²) >= 11 is 6.19. The number of carbonyl (C=O) groups excluding carboxylic acids is 1. The number of ether oxygens (including phenoxy) is 3. The van der Waals surface area contributed by atoms with E-state index in [2.05, 4.69) is 5.32 Å². The highest BCUT2D eigenvalue weighted by atomic mass is 35.5. The second-order valence-corrected chi connectivity index (χ2v) is 5.81. The van der Waals surface area contributed by atoms with Crippen molar-refractivity contribution in [1.29, 1.82) is 0 Å². The molecule has 1 heterocycles. The van der Waals surface area contributed by atoms with Crippen molar-refractivity contribution in [3.05, 3.63) is 53.1 Å². The van der Waals surface area contributed by atoms with Crippen LogP contribution < -0.4 is 14.8 Å². The number of halogens is 1. The zero-order chi connectivity index (χ0) is 16.9. The topological polar surface area (TPSA) is 56.8 Å². The average Bonchev–Trinajstić information content (AvgIpc) is 2.61. The Morgan fingerprint density at radius 3 is 2.58 bits per heavy atom. The third-order valence-corrected chi connectivity index (χ3v) is 3.91. The van der Waals surface area contributed by atoms with Crippen LogP contribution in [0.15, 0.2) is 42.5 Å². The maximum Gasteiger partial charge on any atom is 0.253 e. The molecule has 6 heteroatoms. The first-order chi connectivity index (χ1) is 11.6. The van der Waals surface area contributed by atoms with Gasteiger partial charge < -0.3 is 19.5 Å². The molecule has 1 aliphatic heterocycles. The van der Waals surface area contributed by atoms with Crippen molar-refractivity contribution in [2.45, 2.75) is 19.6 Å². The first-order valence-electron chi connectivity index (χ1n) is 7.69. The monoisotopic (exact) mass is 347 g/mol. The SMILES string of the molecule is C[C@@H](OCc1ccccc1)C(=O)Nc1cc2c(cc1Cl)OCCO2. The second-order valence-electron chi connectivity index (χ2n) is 5.40. The molecule has 5 nitrogen and oxygen atoms in total. The standard InChI is InChI=1S/C18H18ClNO4/c1-12(24-11-13-5-3-2-4-6-13)18(21)20-15-10-17-16(9-14(15)19)22-7-8-23-17/h2-6,9-10,12H,7-8,11H2,1H3,(H,20,21)/t12-/m1/s1. The summed E-state index contributed by atoms with van der Waals surface area (Å²) in [6.07, 6.45) is -0.616. The van der Waals surface area contributed by atoms with Crippen LogP contribution >= 0.6 is 11.6 Å². The van der Waals surface area contributed by atoms with Crippen molar-refractivity contribution in [1.82, 2.24) is 0 Å². The van der Waals surface area contributed by atoms with Crippen molar-refractivity contribution in [2.75, 3.05) is 18.5 Å². The molecule has 126 valence electrons. The van der Waals surface area contributed by atoms with Gasteiger partial charge in [0.05, 0.1) is 17.3 Å². The summed E-state index contributed by atoms with van der Waals surface area (Å²) in [4.78, 5) is 12.3. The van der Waals surface area contributed by atoms with Crippen LogP contribution in [-0.2, 0) is 16.1 Å². The van der Waals surface area contributed by atoms with Gasteiger partial charge in [-0.2, -0.15) is 0 Å². The Balaban J connectivity index is 1.61. The normalized spacial score (nSPS) is 14.1. The van der Waals surface area contributed by atoms with Crippen LogP contribution in [0.5, 0.6) is 11.5 Å². The molecule has 0 aliphatic carbocycles. The largest absolute Gasteiger partial charge is 0.486 e. The summed E-state index contributed by atoms with van der Waals surface area (Å²) in [5.74, 6) is 0.876. The van der Waals surface area contributed by atoms with Crippen LogP contribution in [0.4, 0.5) is 5.69 Å². The van der Waals surface area contributed by atoms with Crippen molar-refractivity contribution in [3.8, 4) is 11.5 Å². The van der Waals surface area contributed by atoms with E-state index in [1.807, 2.05) is 30.3 Å². The smallest absolute Gasteiger partial charge is 0.253 e. The van der Waals surface area contributed by atoms with Gasteiger partial charge in [-0.25, -0.2) is 0 Å². The number of benzene rings is 2. The number of rotatable bonds is 5. The van der Waals surface area contributed by atoms with Crippen LogP contribution in [0, 0.1) is 0 Å². The Bertz CT molecular complexity index is 720. The molecule has 0 fully saturated rings. The molecule has 0 radical (unpaired) electrons. The Morgan fingerprint density at radius 2 is 1.88 bits per heavy atom. The first-order valence-corrected chi connectivity index (χ1v) is 8.07. The molecule has 2 aromatic rings.